The number of aliphatic imine (C=N–C) groups is 1. The van der Waals surface area contributed by atoms with Gasteiger partial charge in [0.25, 0.3) is 0 Å². The van der Waals surface area contributed by atoms with Crippen LogP contribution in [0.4, 0.5) is 0 Å². The first-order chi connectivity index (χ1) is 10.7. The number of nitrogens with one attached hydrogen (secondary N) is 1. The summed E-state index contributed by atoms with van der Waals surface area (Å²) in [5.74, 6) is 0.920. The summed E-state index contributed by atoms with van der Waals surface area (Å²) in [6.45, 7) is 3.32. The summed E-state index contributed by atoms with van der Waals surface area (Å²) in [5, 5.41) is 3.44. The summed E-state index contributed by atoms with van der Waals surface area (Å²) in [7, 11) is 3.88. The fraction of sp³-hybridized carbons (Fsp3) is 0.471. The van der Waals surface area contributed by atoms with Gasteiger partial charge < -0.3 is 15.0 Å². The summed E-state index contributed by atoms with van der Waals surface area (Å²) in [4.78, 5) is 6.51. The molecule has 0 saturated heterocycles. The molecule has 120 valence electrons. The molecule has 1 aliphatic heterocycles. The minimum absolute atomic E-state index is 0.756. The average Bonchev–Trinajstić information content (AvgIpc) is 2.54. The van der Waals surface area contributed by atoms with Crippen molar-refractivity contribution in [1.82, 2.24) is 10.2 Å². The number of nitrogens with zero attached hydrogens (tertiary/aromatic N) is 2. The molecule has 5 heteroatoms. The van der Waals surface area contributed by atoms with Crippen LogP contribution < -0.4 is 5.32 Å². The summed E-state index contributed by atoms with van der Waals surface area (Å²) in [5.41, 5.74) is 2.72. The predicted octanol–water partition coefficient (Wildman–Crippen LogP) is 3.19. The van der Waals surface area contributed by atoms with Crippen LogP contribution in [-0.4, -0.2) is 44.7 Å². The van der Waals surface area contributed by atoms with Gasteiger partial charge >= 0.3 is 0 Å². The molecule has 0 spiro atoms. The van der Waals surface area contributed by atoms with Gasteiger partial charge in [0.05, 0.1) is 13.2 Å². The largest absolute Gasteiger partial charge is 0.377 e. The van der Waals surface area contributed by atoms with Crippen molar-refractivity contribution < 1.29 is 4.74 Å². The normalized spacial score (nSPS) is 15.4. The third-order valence-electron chi connectivity index (χ3n) is 3.73. The first-order valence-electron chi connectivity index (χ1n) is 7.61. The van der Waals surface area contributed by atoms with E-state index in [9.17, 15) is 0 Å². The van der Waals surface area contributed by atoms with Crippen molar-refractivity contribution in [3.05, 3.63) is 46.0 Å². The lowest BCUT2D eigenvalue weighted by Crippen LogP contribution is -2.39. The SMILES string of the molecule is CN=C(NCCC1=CCOCC1)N(C)Cc1ccccc1Br. The number of halogens is 1. The number of hydrogen-bond acceptors (Lipinski definition) is 2. The molecule has 0 amide bonds. The summed E-state index contributed by atoms with van der Waals surface area (Å²) >= 11 is 3.59. The van der Waals surface area contributed by atoms with E-state index in [1.54, 1.807) is 0 Å². The van der Waals surface area contributed by atoms with E-state index in [1.807, 2.05) is 13.1 Å². The minimum Gasteiger partial charge on any atom is -0.377 e. The fourth-order valence-electron chi connectivity index (χ4n) is 2.47. The molecule has 1 heterocycles. The van der Waals surface area contributed by atoms with Crippen molar-refractivity contribution in [2.75, 3.05) is 33.9 Å². The van der Waals surface area contributed by atoms with Gasteiger partial charge in [0, 0.05) is 31.7 Å². The maximum Gasteiger partial charge on any atom is 0.193 e. The van der Waals surface area contributed by atoms with Crippen LogP contribution in [0.25, 0.3) is 0 Å². The topological polar surface area (TPSA) is 36.9 Å². The molecule has 0 aromatic heterocycles. The van der Waals surface area contributed by atoms with E-state index in [-0.39, 0.29) is 0 Å². The molecule has 1 N–H and O–H groups in total. The molecule has 1 aliphatic rings. The number of guanidine groups is 1. The zero-order chi connectivity index (χ0) is 15.8. The van der Waals surface area contributed by atoms with E-state index in [4.69, 9.17) is 4.74 Å². The average molecular weight is 366 g/mol. The summed E-state index contributed by atoms with van der Waals surface area (Å²) in [6, 6.07) is 8.28. The monoisotopic (exact) mass is 365 g/mol. The van der Waals surface area contributed by atoms with Gasteiger partial charge in [-0.1, -0.05) is 45.8 Å². The first kappa shape index (κ1) is 17.0. The van der Waals surface area contributed by atoms with E-state index in [0.29, 0.717) is 0 Å². The molecule has 0 aliphatic carbocycles. The van der Waals surface area contributed by atoms with Gasteiger partial charge in [0.15, 0.2) is 5.96 Å². The summed E-state index contributed by atoms with van der Waals surface area (Å²) < 4.78 is 6.46. The third-order valence-corrected chi connectivity index (χ3v) is 4.50. The van der Waals surface area contributed by atoms with Crippen molar-refractivity contribution in [2.45, 2.75) is 19.4 Å². The Hall–Kier alpha value is -1.33. The maximum absolute atomic E-state index is 5.33. The molecular weight excluding hydrogens is 342 g/mol. The maximum atomic E-state index is 5.33. The number of ether oxygens (including phenoxy) is 1. The second kappa shape index (κ2) is 8.96. The standard InChI is InChI=1S/C17H24BrN3O/c1-19-17(20-10-7-14-8-11-22-12-9-14)21(2)13-15-5-3-4-6-16(15)18/h3-6,8H,7,9-13H2,1-2H3,(H,19,20). The van der Waals surface area contributed by atoms with Gasteiger partial charge in [0.2, 0.25) is 0 Å². The van der Waals surface area contributed by atoms with Crippen LogP contribution in [0, 0.1) is 0 Å². The summed E-state index contributed by atoms with van der Waals surface area (Å²) in [6.07, 6.45) is 4.29. The van der Waals surface area contributed by atoms with E-state index < -0.39 is 0 Å². The molecule has 1 aromatic carbocycles. The highest BCUT2D eigenvalue weighted by atomic mass is 79.9. The van der Waals surface area contributed by atoms with Crippen LogP contribution in [0.2, 0.25) is 0 Å². The third kappa shape index (κ3) is 5.14. The zero-order valence-corrected chi connectivity index (χ0v) is 14.9. The van der Waals surface area contributed by atoms with Gasteiger partial charge in [0.1, 0.15) is 0 Å². The van der Waals surface area contributed by atoms with Gasteiger partial charge in [-0.15, -0.1) is 0 Å². The quantitative estimate of drug-likeness (QED) is 0.494. The van der Waals surface area contributed by atoms with Crippen LogP contribution >= 0.6 is 15.9 Å². The van der Waals surface area contributed by atoms with Crippen molar-refractivity contribution in [3.63, 3.8) is 0 Å². The number of rotatable bonds is 5. The van der Waals surface area contributed by atoms with Gasteiger partial charge in [-0.25, -0.2) is 0 Å². The fourth-order valence-corrected chi connectivity index (χ4v) is 2.88. The van der Waals surface area contributed by atoms with E-state index in [2.05, 4.69) is 62.5 Å². The Kier molecular flexibility index (Phi) is 6.93. The Morgan fingerprint density at radius 2 is 2.23 bits per heavy atom. The van der Waals surface area contributed by atoms with Crippen molar-refractivity contribution in [1.29, 1.82) is 0 Å². The molecule has 1 aromatic rings. The highest BCUT2D eigenvalue weighted by Gasteiger charge is 2.09. The number of benzene rings is 1. The molecule has 22 heavy (non-hydrogen) atoms. The second-order valence-corrected chi connectivity index (χ2v) is 6.21. The predicted molar refractivity (Wildman–Crippen MR) is 95.1 cm³/mol. The Morgan fingerprint density at radius 1 is 1.41 bits per heavy atom. The molecule has 4 nitrogen and oxygen atoms in total. The van der Waals surface area contributed by atoms with Crippen molar-refractivity contribution in [2.24, 2.45) is 4.99 Å². The lowest BCUT2D eigenvalue weighted by molar-refractivity contribution is 0.153. The molecule has 0 atom stereocenters. The van der Waals surface area contributed by atoms with E-state index in [1.165, 1.54) is 11.1 Å². The van der Waals surface area contributed by atoms with Crippen LogP contribution in [0.15, 0.2) is 45.4 Å². The van der Waals surface area contributed by atoms with Crippen molar-refractivity contribution >= 4 is 21.9 Å². The molecular formula is C17H24BrN3O. The van der Waals surface area contributed by atoms with Gasteiger partial charge in [-0.2, -0.15) is 0 Å². The molecule has 0 saturated carbocycles. The Labute approximate surface area is 141 Å². The van der Waals surface area contributed by atoms with Crippen LogP contribution in [0.5, 0.6) is 0 Å². The Bertz CT molecular complexity index is 542. The van der Waals surface area contributed by atoms with Crippen LogP contribution in [-0.2, 0) is 11.3 Å². The Balaban J connectivity index is 1.83. The minimum atomic E-state index is 0.756. The molecule has 0 fully saturated rings. The van der Waals surface area contributed by atoms with Gasteiger partial charge in [-0.3, -0.25) is 4.99 Å². The molecule has 0 unspecified atom stereocenters. The first-order valence-corrected chi connectivity index (χ1v) is 8.41. The highest BCUT2D eigenvalue weighted by molar-refractivity contribution is 9.10. The smallest absolute Gasteiger partial charge is 0.193 e. The highest BCUT2D eigenvalue weighted by Crippen LogP contribution is 2.17. The van der Waals surface area contributed by atoms with Crippen LogP contribution in [0.1, 0.15) is 18.4 Å². The molecule has 0 bridgehead atoms. The second-order valence-electron chi connectivity index (χ2n) is 5.36. The van der Waals surface area contributed by atoms with E-state index in [0.717, 1.165) is 49.6 Å². The number of hydrogen-bond donors (Lipinski definition) is 1. The molecule has 0 radical (unpaired) electrons. The van der Waals surface area contributed by atoms with Crippen LogP contribution in [0.3, 0.4) is 0 Å². The van der Waals surface area contributed by atoms with Crippen molar-refractivity contribution in [3.8, 4) is 0 Å². The zero-order valence-electron chi connectivity index (χ0n) is 13.3. The lowest BCUT2D eigenvalue weighted by Gasteiger charge is -2.23. The van der Waals surface area contributed by atoms with Gasteiger partial charge in [-0.05, 0) is 24.5 Å². The Morgan fingerprint density at radius 3 is 2.91 bits per heavy atom. The van der Waals surface area contributed by atoms with E-state index >= 15 is 0 Å². The lowest BCUT2D eigenvalue weighted by atomic mass is 10.1. The molecule has 2 rings (SSSR count).